The van der Waals surface area contributed by atoms with Crippen molar-refractivity contribution in [1.82, 2.24) is 4.98 Å². The molecule has 0 aliphatic heterocycles. The van der Waals surface area contributed by atoms with Crippen LogP contribution in [0.2, 0.25) is 0 Å². The SMILES string of the molecule is CNc1oc(-c2cccnc2)c(O)c1-c1ccc(C(F)(F)F)c(F)c1. The molecule has 0 radical (unpaired) electrons. The zero-order chi connectivity index (χ0) is 18.2. The summed E-state index contributed by atoms with van der Waals surface area (Å²) in [4.78, 5) is 3.92. The van der Waals surface area contributed by atoms with Gasteiger partial charge < -0.3 is 14.8 Å². The lowest BCUT2D eigenvalue weighted by Crippen LogP contribution is -2.07. The quantitative estimate of drug-likeness (QED) is 0.658. The number of furan rings is 1. The van der Waals surface area contributed by atoms with E-state index in [9.17, 15) is 22.7 Å². The van der Waals surface area contributed by atoms with E-state index in [0.717, 1.165) is 6.07 Å². The van der Waals surface area contributed by atoms with E-state index in [4.69, 9.17) is 4.42 Å². The van der Waals surface area contributed by atoms with Crippen LogP contribution in [-0.2, 0) is 6.18 Å². The van der Waals surface area contributed by atoms with Crippen LogP contribution in [0.4, 0.5) is 23.4 Å². The third kappa shape index (κ3) is 3.02. The maximum Gasteiger partial charge on any atom is 0.419 e. The molecule has 0 aliphatic carbocycles. The van der Waals surface area contributed by atoms with Gasteiger partial charge in [0.05, 0.1) is 11.1 Å². The number of rotatable bonds is 3. The molecule has 130 valence electrons. The first-order valence-electron chi connectivity index (χ1n) is 7.14. The summed E-state index contributed by atoms with van der Waals surface area (Å²) in [6, 6.07) is 5.68. The summed E-state index contributed by atoms with van der Waals surface area (Å²) >= 11 is 0. The number of hydrogen-bond acceptors (Lipinski definition) is 4. The van der Waals surface area contributed by atoms with E-state index in [2.05, 4.69) is 10.3 Å². The molecule has 4 nitrogen and oxygen atoms in total. The molecule has 2 N–H and O–H groups in total. The summed E-state index contributed by atoms with van der Waals surface area (Å²) in [5.74, 6) is -1.59. The van der Waals surface area contributed by atoms with Crippen molar-refractivity contribution in [2.24, 2.45) is 0 Å². The van der Waals surface area contributed by atoms with E-state index in [1.54, 1.807) is 12.1 Å². The monoisotopic (exact) mass is 352 g/mol. The van der Waals surface area contributed by atoms with Gasteiger partial charge in [0.25, 0.3) is 0 Å². The minimum Gasteiger partial charge on any atom is -0.504 e. The second-order valence-electron chi connectivity index (χ2n) is 5.17. The van der Waals surface area contributed by atoms with Crippen molar-refractivity contribution in [3.05, 3.63) is 54.1 Å². The van der Waals surface area contributed by atoms with Crippen LogP contribution in [0.1, 0.15) is 5.56 Å². The molecular formula is C17H12F4N2O2. The van der Waals surface area contributed by atoms with Gasteiger partial charge >= 0.3 is 6.18 Å². The largest absolute Gasteiger partial charge is 0.504 e. The van der Waals surface area contributed by atoms with Gasteiger partial charge in [0, 0.05) is 25.0 Å². The number of benzene rings is 1. The minimum absolute atomic E-state index is 0.0474. The van der Waals surface area contributed by atoms with Crippen molar-refractivity contribution >= 4 is 5.88 Å². The highest BCUT2D eigenvalue weighted by Gasteiger charge is 2.34. The highest BCUT2D eigenvalue weighted by Crippen LogP contribution is 2.46. The highest BCUT2D eigenvalue weighted by atomic mass is 19.4. The van der Waals surface area contributed by atoms with Crippen LogP contribution >= 0.6 is 0 Å². The number of hydrogen-bond donors (Lipinski definition) is 2. The summed E-state index contributed by atoms with van der Waals surface area (Å²) in [6.45, 7) is 0. The van der Waals surface area contributed by atoms with E-state index < -0.39 is 17.6 Å². The molecule has 2 heterocycles. The van der Waals surface area contributed by atoms with Crippen LogP contribution in [0, 0.1) is 5.82 Å². The second-order valence-corrected chi connectivity index (χ2v) is 5.17. The highest BCUT2D eigenvalue weighted by molar-refractivity contribution is 5.87. The van der Waals surface area contributed by atoms with Gasteiger partial charge in [-0.25, -0.2) is 4.39 Å². The average Bonchev–Trinajstić information content (AvgIpc) is 2.91. The van der Waals surface area contributed by atoms with Crippen LogP contribution in [0.3, 0.4) is 0 Å². The lowest BCUT2D eigenvalue weighted by molar-refractivity contribution is -0.139. The van der Waals surface area contributed by atoms with Crippen LogP contribution in [0.25, 0.3) is 22.5 Å². The third-order valence-electron chi connectivity index (χ3n) is 3.60. The topological polar surface area (TPSA) is 58.3 Å². The molecule has 1 aromatic carbocycles. The molecule has 2 aromatic heterocycles. The number of nitrogens with zero attached hydrogens (tertiary/aromatic N) is 1. The lowest BCUT2D eigenvalue weighted by atomic mass is 10.0. The van der Waals surface area contributed by atoms with E-state index in [1.807, 2.05) is 0 Å². The Kier molecular flexibility index (Phi) is 4.12. The van der Waals surface area contributed by atoms with E-state index in [1.165, 1.54) is 19.4 Å². The number of nitrogens with one attached hydrogen (secondary N) is 1. The van der Waals surface area contributed by atoms with Gasteiger partial charge in [-0.05, 0) is 29.8 Å². The minimum atomic E-state index is -4.80. The first kappa shape index (κ1) is 16.8. The van der Waals surface area contributed by atoms with Gasteiger partial charge in [0.1, 0.15) is 5.82 Å². The lowest BCUT2D eigenvalue weighted by Gasteiger charge is -2.09. The van der Waals surface area contributed by atoms with Crippen molar-refractivity contribution < 1.29 is 27.1 Å². The summed E-state index contributed by atoms with van der Waals surface area (Å²) < 4.78 is 57.5. The number of alkyl halides is 3. The Morgan fingerprint density at radius 1 is 1.16 bits per heavy atom. The Hall–Kier alpha value is -3.03. The molecule has 8 heteroatoms. The van der Waals surface area contributed by atoms with Crippen molar-refractivity contribution in [2.45, 2.75) is 6.18 Å². The zero-order valence-corrected chi connectivity index (χ0v) is 12.9. The number of pyridine rings is 1. The van der Waals surface area contributed by atoms with Gasteiger partial charge in [-0.1, -0.05) is 6.07 Å². The molecule has 0 saturated carbocycles. The molecule has 3 rings (SSSR count). The number of halogens is 4. The van der Waals surface area contributed by atoms with E-state index in [0.29, 0.717) is 17.7 Å². The Morgan fingerprint density at radius 3 is 2.48 bits per heavy atom. The number of aromatic hydroxyl groups is 1. The van der Waals surface area contributed by atoms with E-state index >= 15 is 0 Å². The second kappa shape index (κ2) is 6.12. The van der Waals surface area contributed by atoms with Gasteiger partial charge in [-0.15, -0.1) is 0 Å². The molecule has 0 unspecified atom stereocenters. The van der Waals surface area contributed by atoms with Gasteiger partial charge in [-0.2, -0.15) is 13.2 Å². The van der Waals surface area contributed by atoms with E-state index in [-0.39, 0.29) is 28.5 Å². The molecule has 0 saturated heterocycles. The molecule has 0 aliphatic rings. The predicted octanol–water partition coefficient (Wildman–Crippen LogP) is 4.91. The maximum absolute atomic E-state index is 13.9. The molecule has 0 spiro atoms. The fourth-order valence-electron chi connectivity index (χ4n) is 2.46. The van der Waals surface area contributed by atoms with Crippen LogP contribution in [0.5, 0.6) is 5.75 Å². The summed E-state index contributed by atoms with van der Waals surface area (Å²) in [5, 5.41) is 13.2. The molecule has 0 atom stereocenters. The maximum atomic E-state index is 13.9. The van der Waals surface area contributed by atoms with Crippen molar-refractivity contribution in [1.29, 1.82) is 0 Å². The number of aromatic nitrogens is 1. The van der Waals surface area contributed by atoms with Crippen molar-refractivity contribution in [2.75, 3.05) is 12.4 Å². The molecule has 0 bridgehead atoms. The first-order valence-corrected chi connectivity index (χ1v) is 7.14. The first-order chi connectivity index (χ1) is 11.8. The average molecular weight is 352 g/mol. The molecule has 0 amide bonds. The van der Waals surface area contributed by atoms with Gasteiger partial charge in [0.2, 0.25) is 5.88 Å². The standard InChI is InChI=1S/C17H12F4N2O2/c1-22-16-13(9-4-5-11(12(18)7-9)17(19,20)21)14(24)15(25-16)10-3-2-6-23-8-10/h2-8,22,24H,1H3. The molecule has 0 fully saturated rings. The molecular weight excluding hydrogens is 340 g/mol. The summed E-state index contributed by atoms with van der Waals surface area (Å²) in [7, 11) is 1.51. The fourth-order valence-corrected chi connectivity index (χ4v) is 2.46. The Balaban J connectivity index is 2.15. The summed E-state index contributed by atoms with van der Waals surface area (Å²) in [5.41, 5.74) is -0.798. The molecule has 25 heavy (non-hydrogen) atoms. The fraction of sp³-hybridized carbons (Fsp3) is 0.118. The van der Waals surface area contributed by atoms with Gasteiger partial charge in [-0.3, -0.25) is 4.98 Å². The van der Waals surface area contributed by atoms with Crippen LogP contribution < -0.4 is 5.32 Å². The Morgan fingerprint density at radius 2 is 1.92 bits per heavy atom. The zero-order valence-electron chi connectivity index (χ0n) is 12.9. The Labute approximate surface area is 139 Å². The van der Waals surface area contributed by atoms with Crippen molar-refractivity contribution in [3.63, 3.8) is 0 Å². The van der Waals surface area contributed by atoms with Crippen LogP contribution in [0.15, 0.2) is 47.1 Å². The van der Waals surface area contributed by atoms with Crippen molar-refractivity contribution in [3.8, 4) is 28.2 Å². The Bertz CT molecular complexity index is 905. The molecule has 3 aromatic rings. The summed E-state index contributed by atoms with van der Waals surface area (Å²) in [6.07, 6.45) is -1.81. The smallest absolute Gasteiger partial charge is 0.419 e. The van der Waals surface area contributed by atoms with Crippen LogP contribution in [-0.4, -0.2) is 17.1 Å². The van der Waals surface area contributed by atoms with Gasteiger partial charge in [0.15, 0.2) is 11.5 Å². The number of anilines is 1. The third-order valence-corrected chi connectivity index (χ3v) is 3.60. The normalized spacial score (nSPS) is 11.6. The predicted molar refractivity (Wildman–Crippen MR) is 83.5 cm³/mol.